The van der Waals surface area contributed by atoms with Crippen LogP contribution < -0.4 is 15.0 Å². The maximum absolute atomic E-state index is 12.4. The van der Waals surface area contributed by atoms with Crippen molar-refractivity contribution in [3.05, 3.63) is 59.7 Å². The quantitative estimate of drug-likeness (QED) is 0.740. The van der Waals surface area contributed by atoms with E-state index in [2.05, 4.69) is 31.3 Å². The highest BCUT2D eigenvalue weighted by Gasteiger charge is 2.13. The molecule has 2 aromatic rings. The summed E-state index contributed by atoms with van der Waals surface area (Å²) in [6, 6.07) is 15.9. The zero-order valence-corrected chi connectivity index (χ0v) is 15.6. The van der Waals surface area contributed by atoms with Crippen LogP contribution in [0.1, 0.15) is 37.8 Å². The lowest BCUT2D eigenvalue weighted by Crippen LogP contribution is -2.41. The van der Waals surface area contributed by atoms with E-state index in [-0.39, 0.29) is 6.03 Å². The molecule has 0 bridgehead atoms. The fraction of sp³-hybridized carbons (Fsp3) is 0.381. The average molecular weight is 340 g/mol. The van der Waals surface area contributed by atoms with Crippen LogP contribution >= 0.6 is 0 Å². The maximum Gasteiger partial charge on any atom is 0.321 e. The number of carbonyl (C=O) groups is 1. The first-order chi connectivity index (χ1) is 12.0. The molecule has 0 atom stereocenters. The summed E-state index contributed by atoms with van der Waals surface area (Å²) in [5, 5.41) is 2.92. The predicted molar refractivity (Wildman–Crippen MR) is 104 cm³/mol. The number of hydrogen-bond acceptors (Lipinski definition) is 2. The molecular weight excluding hydrogens is 312 g/mol. The molecule has 0 fully saturated rings. The lowest BCUT2D eigenvalue weighted by Gasteiger charge is -2.22. The van der Waals surface area contributed by atoms with Gasteiger partial charge in [0.15, 0.2) is 0 Å². The molecular formula is C21H28N2O2. The zero-order chi connectivity index (χ0) is 18.2. The molecule has 0 heterocycles. The Morgan fingerprint density at radius 2 is 1.92 bits per heavy atom. The third-order valence-corrected chi connectivity index (χ3v) is 4.05. The molecule has 0 aromatic heterocycles. The van der Waals surface area contributed by atoms with Gasteiger partial charge in [0.05, 0.1) is 6.54 Å². The van der Waals surface area contributed by atoms with Crippen LogP contribution in [-0.4, -0.2) is 25.7 Å². The normalized spacial score (nSPS) is 10.6. The van der Waals surface area contributed by atoms with E-state index in [1.807, 2.05) is 50.2 Å². The van der Waals surface area contributed by atoms with Crippen LogP contribution in [0.2, 0.25) is 0 Å². The Balaban J connectivity index is 1.84. The number of nitrogens with zero attached hydrogens (tertiary/aromatic N) is 1. The average Bonchev–Trinajstić information content (AvgIpc) is 2.60. The molecule has 134 valence electrons. The number of hydrogen-bond donors (Lipinski definition) is 1. The molecule has 0 aliphatic carbocycles. The van der Waals surface area contributed by atoms with Gasteiger partial charge in [-0.05, 0) is 55.2 Å². The lowest BCUT2D eigenvalue weighted by molar-refractivity contribution is 0.242. The highest BCUT2D eigenvalue weighted by atomic mass is 16.5. The smallest absolute Gasteiger partial charge is 0.321 e. The second-order valence-corrected chi connectivity index (χ2v) is 6.39. The highest BCUT2D eigenvalue weighted by molar-refractivity contribution is 5.91. The Bertz CT molecular complexity index is 698. The van der Waals surface area contributed by atoms with E-state index in [1.54, 1.807) is 4.90 Å². The maximum atomic E-state index is 12.4. The number of benzene rings is 2. The Morgan fingerprint density at radius 3 is 2.60 bits per heavy atom. The van der Waals surface area contributed by atoms with Gasteiger partial charge in [0.25, 0.3) is 0 Å². The molecule has 2 amide bonds. The molecule has 4 nitrogen and oxygen atoms in total. The number of urea groups is 1. The van der Waals surface area contributed by atoms with Gasteiger partial charge >= 0.3 is 6.03 Å². The summed E-state index contributed by atoms with van der Waals surface area (Å²) in [4.78, 5) is 14.1. The van der Waals surface area contributed by atoms with Crippen LogP contribution in [0.5, 0.6) is 5.75 Å². The van der Waals surface area contributed by atoms with E-state index in [0.29, 0.717) is 25.6 Å². The van der Waals surface area contributed by atoms with Gasteiger partial charge in [-0.1, -0.05) is 38.1 Å². The Kier molecular flexibility index (Phi) is 6.87. The minimum atomic E-state index is -0.104. The van der Waals surface area contributed by atoms with Crippen LogP contribution in [0.4, 0.5) is 10.5 Å². The number of ether oxygens (including phenoxy) is 1. The van der Waals surface area contributed by atoms with Crippen molar-refractivity contribution in [2.45, 2.75) is 33.6 Å². The SMILES string of the molecule is CCN(C(=O)NCCOc1cccc(C(C)C)c1)c1cccc(C)c1. The number of carbonyl (C=O) groups excluding carboxylic acids is 1. The van der Waals surface area contributed by atoms with E-state index >= 15 is 0 Å². The fourth-order valence-electron chi connectivity index (χ4n) is 2.63. The number of rotatable bonds is 7. The molecule has 0 aliphatic heterocycles. The third kappa shape index (κ3) is 5.52. The van der Waals surface area contributed by atoms with Crippen LogP contribution in [0.25, 0.3) is 0 Å². The monoisotopic (exact) mass is 340 g/mol. The van der Waals surface area contributed by atoms with Gasteiger partial charge in [-0.3, -0.25) is 4.90 Å². The molecule has 1 N–H and O–H groups in total. The summed E-state index contributed by atoms with van der Waals surface area (Å²) in [5.74, 6) is 1.31. The minimum Gasteiger partial charge on any atom is -0.492 e. The topological polar surface area (TPSA) is 41.6 Å². The van der Waals surface area contributed by atoms with Gasteiger partial charge < -0.3 is 10.1 Å². The van der Waals surface area contributed by atoms with Gasteiger partial charge in [0, 0.05) is 12.2 Å². The van der Waals surface area contributed by atoms with Crippen LogP contribution in [0.3, 0.4) is 0 Å². The lowest BCUT2D eigenvalue weighted by atomic mass is 10.0. The fourth-order valence-corrected chi connectivity index (χ4v) is 2.63. The summed E-state index contributed by atoms with van der Waals surface area (Å²) in [5.41, 5.74) is 3.29. The molecule has 0 spiro atoms. The molecule has 0 aliphatic rings. The van der Waals surface area contributed by atoms with Gasteiger partial charge in [-0.15, -0.1) is 0 Å². The van der Waals surface area contributed by atoms with Crippen molar-refractivity contribution in [3.63, 3.8) is 0 Å². The van der Waals surface area contributed by atoms with Crippen LogP contribution in [-0.2, 0) is 0 Å². The molecule has 2 aromatic carbocycles. The molecule has 0 radical (unpaired) electrons. The number of anilines is 1. The van der Waals surface area contributed by atoms with Gasteiger partial charge in [-0.25, -0.2) is 4.79 Å². The second-order valence-electron chi connectivity index (χ2n) is 6.39. The summed E-state index contributed by atoms with van der Waals surface area (Å²) in [6.45, 7) is 9.83. The van der Waals surface area contributed by atoms with Crippen molar-refractivity contribution in [2.24, 2.45) is 0 Å². The zero-order valence-electron chi connectivity index (χ0n) is 15.6. The first-order valence-electron chi connectivity index (χ1n) is 8.86. The largest absolute Gasteiger partial charge is 0.492 e. The highest BCUT2D eigenvalue weighted by Crippen LogP contribution is 2.20. The molecule has 0 saturated carbocycles. The van der Waals surface area contributed by atoms with Crippen LogP contribution in [0, 0.1) is 6.92 Å². The second kappa shape index (κ2) is 9.11. The molecule has 0 saturated heterocycles. The van der Waals surface area contributed by atoms with Gasteiger partial charge in [0.1, 0.15) is 12.4 Å². The Hall–Kier alpha value is -2.49. The molecule has 25 heavy (non-hydrogen) atoms. The minimum absolute atomic E-state index is 0.104. The third-order valence-electron chi connectivity index (χ3n) is 4.05. The first kappa shape index (κ1) is 18.8. The van der Waals surface area contributed by atoms with Crippen molar-refractivity contribution in [1.82, 2.24) is 5.32 Å². The van der Waals surface area contributed by atoms with Gasteiger partial charge in [-0.2, -0.15) is 0 Å². The van der Waals surface area contributed by atoms with E-state index in [4.69, 9.17) is 4.74 Å². The summed E-state index contributed by atoms with van der Waals surface area (Å²) in [6.07, 6.45) is 0. The Morgan fingerprint density at radius 1 is 1.16 bits per heavy atom. The van der Waals surface area contributed by atoms with Crippen molar-refractivity contribution < 1.29 is 9.53 Å². The number of aryl methyl sites for hydroxylation is 1. The van der Waals surface area contributed by atoms with E-state index < -0.39 is 0 Å². The number of amides is 2. The first-order valence-corrected chi connectivity index (χ1v) is 8.86. The predicted octanol–water partition coefficient (Wildman–Crippen LogP) is 4.73. The standard InChI is InChI=1S/C21H28N2O2/c1-5-23(19-10-6-8-17(4)14-19)21(24)22-12-13-25-20-11-7-9-18(15-20)16(2)3/h6-11,14-16H,5,12-13H2,1-4H3,(H,22,24). The summed E-state index contributed by atoms with van der Waals surface area (Å²) < 4.78 is 5.75. The number of nitrogens with one attached hydrogen (secondary N) is 1. The Labute approximate surface area is 150 Å². The molecule has 4 heteroatoms. The molecule has 2 rings (SSSR count). The van der Waals surface area contributed by atoms with E-state index in [0.717, 1.165) is 17.0 Å². The van der Waals surface area contributed by atoms with Crippen molar-refractivity contribution in [3.8, 4) is 5.75 Å². The summed E-state index contributed by atoms with van der Waals surface area (Å²) in [7, 11) is 0. The van der Waals surface area contributed by atoms with Crippen molar-refractivity contribution in [1.29, 1.82) is 0 Å². The molecule has 0 unspecified atom stereocenters. The van der Waals surface area contributed by atoms with E-state index in [9.17, 15) is 4.79 Å². The van der Waals surface area contributed by atoms with E-state index in [1.165, 1.54) is 5.56 Å². The van der Waals surface area contributed by atoms with Gasteiger partial charge in [0.2, 0.25) is 0 Å². The van der Waals surface area contributed by atoms with Crippen molar-refractivity contribution in [2.75, 3.05) is 24.6 Å². The van der Waals surface area contributed by atoms with Crippen LogP contribution in [0.15, 0.2) is 48.5 Å². The summed E-state index contributed by atoms with van der Waals surface area (Å²) >= 11 is 0. The van der Waals surface area contributed by atoms with Crippen molar-refractivity contribution >= 4 is 11.7 Å².